The van der Waals surface area contributed by atoms with Crippen LogP contribution in [0.1, 0.15) is 10.4 Å². The lowest BCUT2D eigenvalue weighted by Crippen LogP contribution is -1.95. The number of aromatic carboxylic acids is 1. The predicted molar refractivity (Wildman–Crippen MR) is 79.1 cm³/mol. The lowest BCUT2D eigenvalue weighted by atomic mass is 10.2. The summed E-state index contributed by atoms with van der Waals surface area (Å²) in [6, 6.07) is 16.4. The molecule has 0 saturated heterocycles. The van der Waals surface area contributed by atoms with E-state index in [2.05, 4.69) is 34.7 Å². The number of carbonyl (C=O) groups is 1. The number of benzene rings is 2. The van der Waals surface area contributed by atoms with Gasteiger partial charge in [-0.2, -0.15) is 0 Å². The van der Waals surface area contributed by atoms with Crippen LogP contribution in [0, 0.1) is 3.57 Å². The Morgan fingerprint density at radius 2 is 1.61 bits per heavy atom. The molecule has 0 aliphatic rings. The van der Waals surface area contributed by atoms with Gasteiger partial charge in [0.1, 0.15) is 5.75 Å². The fraction of sp³-hybridized carbons (Fsp3) is 0.0714. The maximum atomic E-state index is 10.4. The Morgan fingerprint density at radius 3 is 1.94 bits per heavy atom. The number of rotatable bonds is 2. The van der Waals surface area contributed by atoms with E-state index >= 15 is 0 Å². The van der Waals surface area contributed by atoms with Gasteiger partial charge in [-0.15, -0.1) is 0 Å². The molecule has 0 aliphatic heterocycles. The smallest absolute Gasteiger partial charge is 0.335 e. The average molecular weight is 356 g/mol. The lowest BCUT2D eigenvalue weighted by Gasteiger charge is -1.98. The number of ether oxygens (including phenoxy) is 1. The Hall–Kier alpha value is -1.56. The van der Waals surface area contributed by atoms with Gasteiger partial charge in [0.15, 0.2) is 0 Å². The van der Waals surface area contributed by atoms with Gasteiger partial charge in [0.2, 0.25) is 0 Å². The van der Waals surface area contributed by atoms with Crippen molar-refractivity contribution in [1.82, 2.24) is 0 Å². The molecule has 0 aromatic heterocycles. The molecule has 0 bridgehead atoms. The van der Waals surface area contributed by atoms with Crippen LogP contribution in [0.4, 0.5) is 0 Å². The summed E-state index contributed by atoms with van der Waals surface area (Å²) in [5, 5.41) is 8.51. The molecule has 0 aliphatic carbocycles. The van der Waals surface area contributed by atoms with Crippen LogP contribution in [0.15, 0.2) is 54.6 Å². The number of methoxy groups -OCH3 is 1. The van der Waals surface area contributed by atoms with Gasteiger partial charge in [-0.3, -0.25) is 0 Å². The predicted octanol–water partition coefficient (Wildman–Crippen LogP) is 3.68. The van der Waals surface area contributed by atoms with E-state index in [0.717, 1.165) is 0 Å². The maximum Gasteiger partial charge on any atom is 0.335 e. The third kappa shape index (κ3) is 5.18. The Balaban J connectivity index is 0.000000199. The van der Waals surface area contributed by atoms with Crippen LogP contribution in [0.2, 0.25) is 0 Å². The van der Waals surface area contributed by atoms with Crippen molar-refractivity contribution in [3.8, 4) is 5.75 Å². The van der Waals surface area contributed by atoms with E-state index in [9.17, 15) is 4.79 Å². The van der Waals surface area contributed by atoms with Crippen molar-refractivity contribution in [3.63, 3.8) is 0 Å². The number of hydrogen-bond donors (Lipinski definition) is 1. The highest BCUT2D eigenvalue weighted by Crippen LogP contribution is 2.10. The fourth-order valence-corrected chi connectivity index (χ4v) is 1.56. The molecule has 0 heterocycles. The monoisotopic (exact) mass is 356 g/mol. The second-order valence-electron chi connectivity index (χ2n) is 3.33. The second-order valence-corrected chi connectivity index (χ2v) is 4.57. The number of halogens is 1. The van der Waals surface area contributed by atoms with Gasteiger partial charge in [-0.05, 0) is 59.0 Å². The first-order valence-corrected chi connectivity index (χ1v) is 6.29. The summed E-state index contributed by atoms with van der Waals surface area (Å²) in [7, 11) is 1.54. The summed E-state index contributed by atoms with van der Waals surface area (Å²) in [4.78, 5) is 10.4. The van der Waals surface area contributed by atoms with Crippen molar-refractivity contribution in [2.24, 2.45) is 0 Å². The Labute approximate surface area is 120 Å². The van der Waals surface area contributed by atoms with Gasteiger partial charge >= 0.3 is 5.97 Å². The minimum atomic E-state index is -0.923. The van der Waals surface area contributed by atoms with Gasteiger partial charge in [0, 0.05) is 3.57 Å². The number of carboxylic acids is 1. The first-order chi connectivity index (χ1) is 8.63. The molecule has 0 amide bonds. The highest BCUT2D eigenvalue weighted by Gasteiger charge is 2.00. The molecule has 2 aromatic carbocycles. The summed E-state index contributed by atoms with van der Waals surface area (Å²) >= 11 is 2.28. The third-order valence-corrected chi connectivity index (χ3v) is 2.79. The van der Waals surface area contributed by atoms with Crippen molar-refractivity contribution in [1.29, 1.82) is 0 Å². The van der Waals surface area contributed by atoms with Crippen LogP contribution < -0.4 is 4.74 Å². The van der Waals surface area contributed by atoms with Crippen LogP contribution >= 0.6 is 22.6 Å². The highest BCUT2D eigenvalue weighted by atomic mass is 127. The van der Waals surface area contributed by atoms with Gasteiger partial charge in [0.25, 0.3) is 0 Å². The first kappa shape index (κ1) is 14.5. The summed E-state index contributed by atoms with van der Waals surface area (Å²) in [5.74, 6) is -0.261. The summed E-state index contributed by atoms with van der Waals surface area (Å²) in [5.41, 5.74) is 0.269. The third-order valence-electron chi connectivity index (χ3n) is 2.07. The minimum Gasteiger partial charge on any atom is -0.497 e. The van der Waals surface area contributed by atoms with Crippen molar-refractivity contribution in [3.05, 3.63) is 63.7 Å². The molecule has 0 atom stereocenters. The fourth-order valence-electron chi connectivity index (χ4n) is 1.15. The molecule has 94 valence electrons. The lowest BCUT2D eigenvalue weighted by molar-refractivity contribution is 0.0697. The van der Waals surface area contributed by atoms with Gasteiger partial charge < -0.3 is 9.84 Å². The molecule has 0 radical (unpaired) electrons. The highest BCUT2D eigenvalue weighted by molar-refractivity contribution is 14.1. The normalized spacial score (nSPS) is 9.00. The van der Waals surface area contributed by atoms with E-state index < -0.39 is 5.97 Å². The molecular formula is C14H13IO3. The summed E-state index contributed by atoms with van der Waals surface area (Å²) in [6.45, 7) is 0. The molecule has 0 unspecified atom stereocenters. The minimum absolute atomic E-state index is 0.269. The molecule has 2 rings (SSSR count). The van der Waals surface area contributed by atoms with Gasteiger partial charge in [-0.25, -0.2) is 4.79 Å². The zero-order chi connectivity index (χ0) is 13.4. The number of hydrogen-bond acceptors (Lipinski definition) is 2. The van der Waals surface area contributed by atoms with Crippen molar-refractivity contribution >= 4 is 28.6 Å². The summed E-state index contributed by atoms with van der Waals surface area (Å²) in [6.07, 6.45) is 0. The van der Waals surface area contributed by atoms with Crippen LogP contribution in [0.25, 0.3) is 0 Å². The molecule has 3 nitrogen and oxygen atoms in total. The molecule has 18 heavy (non-hydrogen) atoms. The van der Waals surface area contributed by atoms with E-state index in [4.69, 9.17) is 9.84 Å². The molecule has 2 aromatic rings. The zero-order valence-corrected chi connectivity index (χ0v) is 12.0. The van der Waals surface area contributed by atoms with E-state index in [1.807, 2.05) is 18.2 Å². The summed E-state index contributed by atoms with van der Waals surface area (Å²) < 4.78 is 6.15. The van der Waals surface area contributed by atoms with E-state index in [1.54, 1.807) is 12.1 Å². The van der Waals surface area contributed by atoms with E-state index in [0.29, 0.717) is 5.75 Å². The molecule has 0 spiro atoms. The van der Waals surface area contributed by atoms with E-state index in [1.165, 1.54) is 22.8 Å². The SMILES string of the molecule is COc1ccc(C(=O)O)cc1.Ic1ccccc1. The standard InChI is InChI=1S/C8H8O3.C6H5I/c1-11-7-4-2-6(3-5-7)8(9)10;7-6-4-2-1-3-5-6/h2-5H,1H3,(H,9,10);1-5H. The Bertz CT molecular complexity index is 480. The largest absolute Gasteiger partial charge is 0.497 e. The molecular weight excluding hydrogens is 343 g/mol. The molecule has 1 N–H and O–H groups in total. The Morgan fingerprint density at radius 1 is 1.06 bits per heavy atom. The van der Waals surface area contributed by atoms with Crippen LogP contribution in [-0.4, -0.2) is 18.2 Å². The van der Waals surface area contributed by atoms with E-state index in [-0.39, 0.29) is 5.56 Å². The molecule has 0 saturated carbocycles. The van der Waals surface area contributed by atoms with Gasteiger partial charge in [0.05, 0.1) is 12.7 Å². The van der Waals surface area contributed by atoms with Crippen LogP contribution in [0.5, 0.6) is 5.75 Å². The topological polar surface area (TPSA) is 46.5 Å². The Kier molecular flexibility index (Phi) is 6.21. The quantitative estimate of drug-likeness (QED) is 0.835. The zero-order valence-electron chi connectivity index (χ0n) is 9.84. The average Bonchev–Trinajstić information content (AvgIpc) is 2.40. The number of carboxylic acid groups (broad SMARTS) is 1. The maximum absolute atomic E-state index is 10.4. The van der Waals surface area contributed by atoms with Crippen LogP contribution in [0.3, 0.4) is 0 Å². The van der Waals surface area contributed by atoms with Gasteiger partial charge in [-0.1, -0.05) is 18.2 Å². The second kappa shape index (κ2) is 7.71. The molecule has 0 fully saturated rings. The van der Waals surface area contributed by atoms with Crippen molar-refractivity contribution in [2.75, 3.05) is 7.11 Å². The molecule has 4 heteroatoms. The van der Waals surface area contributed by atoms with Crippen molar-refractivity contribution < 1.29 is 14.6 Å². The van der Waals surface area contributed by atoms with Crippen LogP contribution in [-0.2, 0) is 0 Å². The van der Waals surface area contributed by atoms with Crippen molar-refractivity contribution in [2.45, 2.75) is 0 Å². The first-order valence-electron chi connectivity index (χ1n) is 5.21.